The van der Waals surface area contributed by atoms with Crippen LogP contribution in [0.25, 0.3) is 22.6 Å². The van der Waals surface area contributed by atoms with Gasteiger partial charge in [0.15, 0.2) is 0 Å². The number of pyridine rings is 1. The fraction of sp³-hybridized carbons (Fsp3) is 0.296. The molecule has 178 valence electrons. The van der Waals surface area contributed by atoms with E-state index in [1.807, 2.05) is 67.6 Å². The van der Waals surface area contributed by atoms with E-state index < -0.39 is 0 Å². The molecule has 2 aromatic heterocycles. The Morgan fingerprint density at radius 2 is 1.91 bits per heavy atom. The van der Waals surface area contributed by atoms with Crippen molar-refractivity contribution in [3.8, 4) is 22.6 Å². The molecule has 8 nitrogen and oxygen atoms in total. The highest BCUT2D eigenvalue weighted by Crippen LogP contribution is 2.33. The van der Waals surface area contributed by atoms with E-state index in [0.29, 0.717) is 18.2 Å². The Kier molecular flexibility index (Phi) is 6.52. The Morgan fingerprint density at radius 3 is 2.66 bits per heavy atom. The zero-order valence-electron chi connectivity index (χ0n) is 20.0. The summed E-state index contributed by atoms with van der Waals surface area (Å²) in [5.41, 5.74) is 5.35. The van der Waals surface area contributed by atoms with Crippen LogP contribution in [0.4, 0.5) is 11.5 Å². The summed E-state index contributed by atoms with van der Waals surface area (Å²) in [5, 5.41) is 17.7. The highest BCUT2D eigenvalue weighted by atomic mass is 16.1. The lowest BCUT2D eigenvalue weighted by Crippen LogP contribution is -2.35. The van der Waals surface area contributed by atoms with E-state index >= 15 is 0 Å². The number of aromatic nitrogens is 5. The quantitative estimate of drug-likeness (QED) is 0.428. The molecule has 3 heterocycles. The summed E-state index contributed by atoms with van der Waals surface area (Å²) in [6.45, 7) is 6.20. The third kappa shape index (κ3) is 5.37. The second-order valence-electron chi connectivity index (χ2n) is 9.28. The van der Waals surface area contributed by atoms with Crippen LogP contribution in [0, 0.1) is 12.8 Å². The molecule has 5 rings (SSSR count). The lowest BCUT2D eigenvalue weighted by atomic mass is 10.00. The van der Waals surface area contributed by atoms with Gasteiger partial charge in [-0.3, -0.25) is 4.79 Å². The Bertz CT molecular complexity index is 1300. The average molecular weight is 468 g/mol. The fourth-order valence-corrected chi connectivity index (χ4v) is 4.56. The van der Waals surface area contributed by atoms with Crippen molar-refractivity contribution in [2.24, 2.45) is 5.92 Å². The predicted octanol–water partition coefficient (Wildman–Crippen LogP) is 4.65. The number of carbonyl (C=O) groups is 1. The van der Waals surface area contributed by atoms with Gasteiger partial charge in [-0.05, 0) is 42.5 Å². The minimum atomic E-state index is -0.0598. The van der Waals surface area contributed by atoms with Gasteiger partial charge in [0.2, 0.25) is 11.7 Å². The Balaban J connectivity index is 1.50. The first kappa shape index (κ1) is 22.7. The van der Waals surface area contributed by atoms with Crippen LogP contribution < -0.4 is 10.2 Å². The van der Waals surface area contributed by atoms with Crippen LogP contribution in [0.1, 0.15) is 30.9 Å². The van der Waals surface area contributed by atoms with E-state index in [9.17, 15) is 4.79 Å². The van der Waals surface area contributed by atoms with Gasteiger partial charge in [0, 0.05) is 36.0 Å². The van der Waals surface area contributed by atoms with Crippen LogP contribution in [0.5, 0.6) is 0 Å². The number of benzene rings is 2. The second-order valence-corrected chi connectivity index (χ2v) is 9.28. The molecule has 1 aliphatic rings. The summed E-state index contributed by atoms with van der Waals surface area (Å²) in [7, 11) is 0. The number of anilines is 2. The van der Waals surface area contributed by atoms with Gasteiger partial charge in [0.1, 0.15) is 5.82 Å². The highest BCUT2D eigenvalue weighted by molar-refractivity contribution is 5.93. The zero-order chi connectivity index (χ0) is 24.2. The van der Waals surface area contributed by atoms with Gasteiger partial charge in [0.05, 0.1) is 12.1 Å². The van der Waals surface area contributed by atoms with E-state index in [-0.39, 0.29) is 5.91 Å². The number of hydrogen-bond acceptors (Lipinski definition) is 6. The van der Waals surface area contributed by atoms with Gasteiger partial charge < -0.3 is 10.2 Å². The van der Waals surface area contributed by atoms with Gasteiger partial charge in [0.25, 0.3) is 0 Å². The number of aromatic amines is 1. The number of tetrazole rings is 1. The van der Waals surface area contributed by atoms with Gasteiger partial charge in [-0.2, -0.15) is 5.21 Å². The SMILES string of the molecule is Cc1ccc(CC(=O)Nc2cc(-c3ccccc3-c3nn[nH]n3)nc(N3CCCC(C)C3)c2)cc1. The fourth-order valence-electron chi connectivity index (χ4n) is 4.56. The lowest BCUT2D eigenvalue weighted by molar-refractivity contribution is -0.115. The molecule has 1 saturated heterocycles. The molecule has 35 heavy (non-hydrogen) atoms. The minimum Gasteiger partial charge on any atom is -0.356 e. The standard InChI is InChI=1S/C27H29N7O/c1-18-9-11-20(12-10-18)14-26(35)28-21-15-24(29-25(16-21)34-13-5-6-19(2)17-34)22-7-3-4-8-23(22)27-30-32-33-31-27/h3-4,7-12,15-16,19H,5-6,13-14,17H2,1-2H3,(H,28,29,35)(H,30,31,32,33). The monoisotopic (exact) mass is 467 g/mol. The summed E-state index contributed by atoms with van der Waals surface area (Å²) in [6, 6.07) is 19.8. The Labute approximate surface area is 204 Å². The van der Waals surface area contributed by atoms with Crippen LogP contribution in [-0.4, -0.2) is 44.6 Å². The molecule has 1 amide bonds. The Hall–Kier alpha value is -4.07. The lowest BCUT2D eigenvalue weighted by Gasteiger charge is -2.32. The molecule has 2 N–H and O–H groups in total. The number of rotatable bonds is 6. The normalized spacial score (nSPS) is 15.7. The number of nitrogens with one attached hydrogen (secondary N) is 2. The molecule has 4 aromatic rings. The molecule has 0 saturated carbocycles. The minimum absolute atomic E-state index is 0.0598. The first-order valence-electron chi connectivity index (χ1n) is 12.0. The maximum absolute atomic E-state index is 12.9. The molecule has 0 radical (unpaired) electrons. The number of aryl methyl sites for hydroxylation is 1. The first-order valence-corrected chi connectivity index (χ1v) is 12.0. The number of piperidine rings is 1. The molecule has 0 bridgehead atoms. The number of carbonyl (C=O) groups excluding carboxylic acids is 1. The number of nitrogens with zero attached hydrogens (tertiary/aromatic N) is 5. The Morgan fingerprint density at radius 1 is 1.11 bits per heavy atom. The third-order valence-electron chi connectivity index (χ3n) is 6.35. The third-order valence-corrected chi connectivity index (χ3v) is 6.35. The summed E-state index contributed by atoms with van der Waals surface area (Å²) < 4.78 is 0. The van der Waals surface area contributed by atoms with Crippen molar-refractivity contribution < 1.29 is 4.79 Å². The topological polar surface area (TPSA) is 99.7 Å². The van der Waals surface area contributed by atoms with E-state index in [1.54, 1.807) is 0 Å². The van der Waals surface area contributed by atoms with Crippen LogP contribution in [0.3, 0.4) is 0 Å². The van der Waals surface area contributed by atoms with Crippen molar-refractivity contribution in [2.75, 3.05) is 23.3 Å². The highest BCUT2D eigenvalue weighted by Gasteiger charge is 2.20. The van der Waals surface area contributed by atoms with Crippen LogP contribution in [0.2, 0.25) is 0 Å². The van der Waals surface area contributed by atoms with Gasteiger partial charge in [-0.15, -0.1) is 10.2 Å². The van der Waals surface area contributed by atoms with E-state index in [1.165, 1.54) is 12.0 Å². The summed E-state index contributed by atoms with van der Waals surface area (Å²) >= 11 is 0. The van der Waals surface area contributed by atoms with Crippen LogP contribution in [-0.2, 0) is 11.2 Å². The average Bonchev–Trinajstić information content (AvgIpc) is 3.40. The van der Waals surface area contributed by atoms with E-state index in [4.69, 9.17) is 4.98 Å². The number of H-pyrrole nitrogens is 1. The molecular weight excluding hydrogens is 438 g/mol. The maximum Gasteiger partial charge on any atom is 0.228 e. The maximum atomic E-state index is 12.9. The van der Waals surface area contributed by atoms with Crippen molar-refractivity contribution in [1.29, 1.82) is 0 Å². The molecule has 1 unspecified atom stereocenters. The van der Waals surface area contributed by atoms with E-state index in [2.05, 4.69) is 37.8 Å². The number of hydrogen-bond donors (Lipinski definition) is 2. The smallest absolute Gasteiger partial charge is 0.228 e. The molecule has 1 fully saturated rings. The first-order chi connectivity index (χ1) is 17.0. The largest absolute Gasteiger partial charge is 0.356 e. The van der Waals surface area contributed by atoms with Crippen molar-refractivity contribution in [3.63, 3.8) is 0 Å². The van der Waals surface area contributed by atoms with Crippen molar-refractivity contribution in [1.82, 2.24) is 25.6 Å². The van der Waals surface area contributed by atoms with Gasteiger partial charge in [-0.25, -0.2) is 4.98 Å². The number of amides is 1. The van der Waals surface area contributed by atoms with Crippen molar-refractivity contribution in [2.45, 2.75) is 33.1 Å². The van der Waals surface area contributed by atoms with E-state index in [0.717, 1.165) is 53.4 Å². The summed E-state index contributed by atoms with van der Waals surface area (Å²) in [6.07, 6.45) is 2.66. The molecule has 0 spiro atoms. The second kappa shape index (κ2) is 10.0. The van der Waals surface area contributed by atoms with Crippen molar-refractivity contribution >= 4 is 17.4 Å². The van der Waals surface area contributed by atoms with Crippen LogP contribution in [0.15, 0.2) is 60.7 Å². The molecule has 8 heteroatoms. The molecule has 1 atom stereocenters. The van der Waals surface area contributed by atoms with Gasteiger partial charge in [-0.1, -0.05) is 61.0 Å². The molecule has 2 aromatic carbocycles. The summed E-state index contributed by atoms with van der Waals surface area (Å²) in [4.78, 5) is 20.3. The van der Waals surface area contributed by atoms with Crippen molar-refractivity contribution in [3.05, 3.63) is 71.8 Å². The summed E-state index contributed by atoms with van der Waals surface area (Å²) in [5.74, 6) is 1.91. The molecular formula is C27H29N7O. The predicted molar refractivity (Wildman–Crippen MR) is 137 cm³/mol. The molecule has 0 aliphatic carbocycles. The zero-order valence-corrected chi connectivity index (χ0v) is 20.0. The van der Waals surface area contributed by atoms with Crippen LogP contribution >= 0.6 is 0 Å². The molecule has 1 aliphatic heterocycles. The van der Waals surface area contributed by atoms with Gasteiger partial charge >= 0.3 is 0 Å².